The molecule has 2 aromatic carbocycles. The van der Waals surface area contributed by atoms with Crippen LogP contribution in [-0.4, -0.2) is 13.4 Å². The molecule has 0 aliphatic carbocycles. The summed E-state index contributed by atoms with van der Waals surface area (Å²) < 4.78 is 32.9. The lowest BCUT2D eigenvalue weighted by atomic mass is 10.2. The fourth-order valence-corrected chi connectivity index (χ4v) is 3.70. The highest BCUT2D eigenvalue weighted by molar-refractivity contribution is 7.89. The molecule has 0 aliphatic heterocycles. The molecule has 3 aromatic rings. The first-order chi connectivity index (χ1) is 12.0. The number of benzene rings is 2. The van der Waals surface area contributed by atoms with Crippen LogP contribution in [0.3, 0.4) is 0 Å². The number of aromatic nitrogens is 1. The second-order valence-electron chi connectivity index (χ2n) is 5.17. The summed E-state index contributed by atoms with van der Waals surface area (Å²) in [6.07, 6.45) is 1.64. The second-order valence-corrected chi connectivity index (χ2v) is 7.31. The minimum Gasteiger partial charge on any atom is -0.439 e. The van der Waals surface area contributed by atoms with E-state index in [9.17, 15) is 8.42 Å². The molecule has 0 radical (unpaired) electrons. The van der Waals surface area contributed by atoms with Gasteiger partial charge in [0.15, 0.2) is 0 Å². The molecule has 0 bridgehead atoms. The highest BCUT2D eigenvalue weighted by Crippen LogP contribution is 2.22. The maximum Gasteiger partial charge on any atom is 0.242 e. The average molecular weight is 375 g/mol. The van der Waals surface area contributed by atoms with Gasteiger partial charge in [-0.3, -0.25) is 0 Å². The molecule has 0 fully saturated rings. The van der Waals surface area contributed by atoms with Gasteiger partial charge in [-0.1, -0.05) is 41.9 Å². The zero-order valence-corrected chi connectivity index (χ0v) is 14.7. The van der Waals surface area contributed by atoms with Crippen LogP contribution >= 0.6 is 11.6 Å². The number of sulfonamides is 1. The SMILES string of the molecule is O=S(=O)(NCc1cccc(Oc2ccccn2)c1)c1ccccc1Cl. The molecule has 0 unspecified atom stereocenters. The monoisotopic (exact) mass is 374 g/mol. The summed E-state index contributed by atoms with van der Waals surface area (Å²) >= 11 is 5.96. The number of nitrogens with one attached hydrogen (secondary N) is 1. The molecule has 0 spiro atoms. The number of ether oxygens (including phenoxy) is 1. The number of halogens is 1. The standard InChI is InChI=1S/C18H15ClN2O3S/c19-16-8-1-2-9-17(16)25(22,23)21-13-14-6-5-7-15(12-14)24-18-10-3-4-11-20-18/h1-12,21H,13H2. The lowest BCUT2D eigenvalue weighted by Gasteiger charge is -2.10. The van der Waals surface area contributed by atoms with Crippen LogP contribution in [0.15, 0.2) is 77.8 Å². The van der Waals surface area contributed by atoms with Gasteiger partial charge in [0.25, 0.3) is 0 Å². The summed E-state index contributed by atoms with van der Waals surface area (Å²) in [5.74, 6) is 1.05. The van der Waals surface area contributed by atoms with E-state index in [-0.39, 0.29) is 16.5 Å². The van der Waals surface area contributed by atoms with Crippen LogP contribution in [-0.2, 0) is 16.6 Å². The van der Waals surface area contributed by atoms with Crippen molar-refractivity contribution >= 4 is 21.6 Å². The largest absolute Gasteiger partial charge is 0.439 e. The van der Waals surface area contributed by atoms with Crippen molar-refractivity contribution in [1.82, 2.24) is 9.71 Å². The van der Waals surface area contributed by atoms with Gasteiger partial charge >= 0.3 is 0 Å². The second kappa shape index (κ2) is 7.65. The highest BCUT2D eigenvalue weighted by atomic mass is 35.5. The van der Waals surface area contributed by atoms with Gasteiger partial charge in [0.05, 0.1) is 5.02 Å². The van der Waals surface area contributed by atoms with E-state index >= 15 is 0 Å². The van der Waals surface area contributed by atoms with Crippen molar-refractivity contribution in [3.05, 3.63) is 83.5 Å². The fraction of sp³-hybridized carbons (Fsp3) is 0.0556. The molecule has 0 amide bonds. The Hall–Kier alpha value is -2.41. The minimum absolute atomic E-state index is 0.0533. The van der Waals surface area contributed by atoms with Crippen LogP contribution in [0.4, 0.5) is 0 Å². The van der Waals surface area contributed by atoms with Gasteiger partial charge in [-0.25, -0.2) is 18.1 Å². The van der Waals surface area contributed by atoms with Crippen molar-refractivity contribution in [3.8, 4) is 11.6 Å². The van der Waals surface area contributed by atoms with E-state index < -0.39 is 10.0 Å². The van der Waals surface area contributed by atoms with E-state index in [0.717, 1.165) is 5.56 Å². The topological polar surface area (TPSA) is 68.3 Å². The number of pyridine rings is 1. The third-order valence-electron chi connectivity index (χ3n) is 3.35. The summed E-state index contributed by atoms with van der Waals surface area (Å²) in [6, 6.07) is 18.8. The first kappa shape index (κ1) is 17.4. The lowest BCUT2D eigenvalue weighted by Crippen LogP contribution is -2.23. The molecule has 0 saturated heterocycles. The van der Waals surface area contributed by atoms with Crippen LogP contribution in [0.1, 0.15) is 5.56 Å². The number of rotatable bonds is 6. The quantitative estimate of drug-likeness (QED) is 0.708. The fourth-order valence-electron chi connectivity index (χ4n) is 2.17. The first-order valence-corrected chi connectivity index (χ1v) is 9.33. The Morgan fingerprint density at radius 1 is 1.00 bits per heavy atom. The summed E-state index contributed by atoms with van der Waals surface area (Å²) in [5, 5.41) is 0.183. The van der Waals surface area contributed by atoms with Crippen molar-refractivity contribution in [1.29, 1.82) is 0 Å². The van der Waals surface area contributed by atoms with E-state index in [0.29, 0.717) is 11.6 Å². The molecule has 1 heterocycles. The molecule has 5 nitrogen and oxygen atoms in total. The Kier molecular flexibility index (Phi) is 5.33. The zero-order valence-electron chi connectivity index (χ0n) is 13.1. The Morgan fingerprint density at radius 2 is 1.80 bits per heavy atom. The molecule has 128 valence electrons. The average Bonchev–Trinajstić information content (AvgIpc) is 2.62. The van der Waals surface area contributed by atoms with E-state index in [2.05, 4.69) is 9.71 Å². The molecule has 25 heavy (non-hydrogen) atoms. The van der Waals surface area contributed by atoms with Crippen LogP contribution in [0.5, 0.6) is 11.6 Å². The van der Waals surface area contributed by atoms with Gasteiger partial charge < -0.3 is 4.74 Å². The molecular weight excluding hydrogens is 360 g/mol. The maximum absolute atomic E-state index is 12.4. The molecule has 3 rings (SSSR count). The Labute approximate surface area is 151 Å². The van der Waals surface area contributed by atoms with Gasteiger partial charge in [0.1, 0.15) is 10.6 Å². The summed E-state index contributed by atoms with van der Waals surface area (Å²) in [6.45, 7) is 0.118. The first-order valence-electron chi connectivity index (χ1n) is 7.47. The third-order valence-corrected chi connectivity index (χ3v) is 5.25. The Bertz CT molecular complexity index is 963. The molecule has 1 N–H and O–H groups in total. The van der Waals surface area contributed by atoms with Crippen molar-refractivity contribution in [2.45, 2.75) is 11.4 Å². The third kappa shape index (κ3) is 4.57. The number of nitrogens with zero attached hydrogens (tertiary/aromatic N) is 1. The molecule has 0 saturated carbocycles. The minimum atomic E-state index is -3.70. The van der Waals surface area contributed by atoms with Crippen molar-refractivity contribution in [3.63, 3.8) is 0 Å². The van der Waals surface area contributed by atoms with Gasteiger partial charge in [-0.15, -0.1) is 0 Å². The molecule has 7 heteroatoms. The molecule has 0 atom stereocenters. The summed E-state index contributed by atoms with van der Waals surface area (Å²) in [4.78, 5) is 4.14. The Balaban J connectivity index is 1.71. The smallest absolute Gasteiger partial charge is 0.242 e. The van der Waals surface area contributed by atoms with E-state index in [1.54, 1.807) is 54.7 Å². The predicted octanol–water partition coefficient (Wildman–Crippen LogP) is 4.01. The van der Waals surface area contributed by atoms with Crippen LogP contribution < -0.4 is 9.46 Å². The lowest BCUT2D eigenvalue weighted by molar-refractivity contribution is 0.462. The van der Waals surface area contributed by atoms with Gasteiger partial charge in [-0.05, 0) is 35.9 Å². The van der Waals surface area contributed by atoms with Crippen LogP contribution in [0, 0.1) is 0 Å². The highest BCUT2D eigenvalue weighted by Gasteiger charge is 2.16. The van der Waals surface area contributed by atoms with Crippen LogP contribution in [0.2, 0.25) is 5.02 Å². The summed E-state index contributed by atoms with van der Waals surface area (Å²) in [7, 11) is -3.70. The predicted molar refractivity (Wildman–Crippen MR) is 96.2 cm³/mol. The zero-order chi connectivity index (χ0) is 17.7. The normalized spacial score (nSPS) is 11.2. The van der Waals surface area contributed by atoms with E-state index in [4.69, 9.17) is 16.3 Å². The van der Waals surface area contributed by atoms with Crippen molar-refractivity contribution in [2.75, 3.05) is 0 Å². The molecule has 1 aromatic heterocycles. The van der Waals surface area contributed by atoms with Gasteiger partial charge in [0.2, 0.25) is 15.9 Å². The van der Waals surface area contributed by atoms with E-state index in [1.807, 2.05) is 6.07 Å². The molecule has 0 aliphatic rings. The number of hydrogen-bond acceptors (Lipinski definition) is 4. The van der Waals surface area contributed by atoms with Gasteiger partial charge in [-0.2, -0.15) is 0 Å². The Morgan fingerprint density at radius 3 is 2.56 bits per heavy atom. The van der Waals surface area contributed by atoms with E-state index in [1.165, 1.54) is 12.1 Å². The van der Waals surface area contributed by atoms with Crippen molar-refractivity contribution in [2.24, 2.45) is 0 Å². The molecular formula is C18H15ClN2O3S. The van der Waals surface area contributed by atoms with Crippen LogP contribution in [0.25, 0.3) is 0 Å². The van der Waals surface area contributed by atoms with Crippen molar-refractivity contribution < 1.29 is 13.2 Å². The summed E-state index contributed by atoms with van der Waals surface area (Å²) in [5.41, 5.74) is 0.754. The maximum atomic E-state index is 12.4. The number of hydrogen-bond donors (Lipinski definition) is 1. The van der Waals surface area contributed by atoms with Gasteiger partial charge in [0, 0.05) is 18.8 Å².